The van der Waals surface area contributed by atoms with Crippen LogP contribution in [0.4, 0.5) is 4.79 Å². The summed E-state index contributed by atoms with van der Waals surface area (Å²) in [5.74, 6) is 0. The number of nitrogens with two attached hydrogens (primary N) is 2. The van der Waals surface area contributed by atoms with E-state index in [1.807, 2.05) is 34.6 Å². The van der Waals surface area contributed by atoms with Crippen molar-refractivity contribution in [3.05, 3.63) is 11.9 Å². The highest BCUT2D eigenvalue weighted by Crippen LogP contribution is 2.17. The maximum atomic E-state index is 11.9. The maximum Gasteiger partial charge on any atom is 0.410 e. The Hall–Kier alpha value is -1.72. The van der Waals surface area contributed by atoms with Crippen molar-refractivity contribution < 1.29 is 9.53 Å². The number of hydrogen-bond acceptors (Lipinski definition) is 5. The zero-order chi connectivity index (χ0) is 16.5. The standard InChI is InChI=1S/C13H24N4O2.C2H6/c1-13(2,3)19-12(18)17-6-4-11(5-7-17)16-9-10(15)8-14;1-2/h8-9,11H,4-7,14-15H2,1-3H3;1-2H3/b10-8+,16-9?;. The van der Waals surface area contributed by atoms with Crippen LogP contribution in [0.25, 0.3) is 0 Å². The Labute approximate surface area is 128 Å². The van der Waals surface area contributed by atoms with Crippen molar-refractivity contribution in [1.82, 2.24) is 4.90 Å². The van der Waals surface area contributed by atoms with Crippen molar-refractivity contribution in [2.24, 2.45) is 16.5 Å². The molecule has 6 nitrogen and oxygen atoms in total. The summed E-state index contributed by atoms with van der Waals surface area (Å²) < 4.78 is 5.33. The summed E-state index contributed by atoms with van der Waals surface area (Å²) in [4.78, 5) is 17.9. The molecule has 0 radical (unpaired) electrons. The number of ether oxygens (including phenoxy) is 1. The number of aliphatic imine (C=N–C) groups is 1. The van der Waals surface area contributed by atoms with Gasteiger partial charge in [-0.05, 0) is 33.6 Å². The highest BCUT2D eigenvalue weighted by atomic mass is 16.6. The third kappa shape index (κ3) is 8.22. The van der Waals surface area contributed by atoms with Gasteiger partial charge in [-0.15, -0.1) is 0 Å². The molecule has 6 heteroatoms. The quantitative estimate of drug-likeness (QED) is 0.764. The predicted molar refractivity (Wildman–Crippen MR) is 87.1 cm³/mol. The van der Waals surface area contributed by atoms with Gasteiger partial charge in [-0.25, -0.2) is 4.79 Å². The zero-order valence-electron chi connectivity index (χ0n) is 13.9. The second-order valence-corrected chi connectivity index (χ2v) is 5.64. The van der Waals surface area contributed by atoms with Crippen LogP contribution in [-0.4, -0.2) is 41.9 Å². The van der Waals surface area contributed by atoms with Crippen LogP contribution in [0.15, 0.2) is 16.9 Å². The molecule has 0 atom stereocenters. The van der Waals surface area contributed by atoms with Gasteiger partial charge in [-0.1, -0.05) is 13.8 Å². The SMILES string of the molecule is CC.CC(C)(C)OC(=O)N1CCC(N=C/C(N)=C\N)CC1. The monoisotopic (exact) mass is 298 g/mol. The Morgan fingerprint density at radius 3 is 2.24 bits per heavy atom. The zero-order valence-corrected chi connectivity index (χ0v) is 13.9. The van der Waals surface area contributed by atoms with Crippen molar-refractivity contribution in [3.63, 3.8) is 0 Å². The average Bonchev–Trinajstić information content (AvgIpc) is 2.45. The van der Waals surface area contributed by atoms with E-state index in [-0.39, 0.29) is 12.1 Å². The maximum absolute atomic E-state index is 11.9. The molecule has 1 aliphatic rings. The van der Waals surface area contributed by atoms with Crippen molar-refractivity contribution in [3.8, 4) is 0 Å². The van der Waals surface area contributed by atoms with Crippen LogP contribution in [0, 0.1) is 0 Å². The molecule has 0 aliphatic carbocycles. The van der Waals surface area contributed by atoms with Gasteiger partial charge >= 0.3 is 6.09 Å². The third-order valence-corrected chi connectivity index (χ3v) is 2.74. The third-order valence-electron chi connectivity index (χ3n) is 2.74. The predicted octanol–water partition coefficient (Wildman–Crippen LogP) is 2.24. The van der Waals surface area contributed by atoms with Gasteiger partial charge in [-0.3, -0.25) is 4.99 Å². The Balaban J connectivity index is 0.00000191. The summed E-state index contributed by atoms with van der Waals surface area (Å²) in [5, 5.41) is 0. The summed E-state index contributed by atoms with van der Waals surface area (Å²) in [6.45, 7) is 10.9. The van der Waals surface area contributed by atoms with Crippen molar-refractivity contribution >= 4 is 12.3 Å². The minimum absolute atomic E-state index is 0.192. The van der Waals surface area contributed by atoms with Crippen LogP contribution in [0.1, 0.15) is 47.5 Å². The molecule has 0 saturated carbocycles. The molecule has 1 aliphatic heterocycles. The Kier molecular flexibility index (Phi) is 8.50. The molecule has 1 saturated heterocycles. The lowest BCUT2D eigenvalue weighted by atomic mass is 10.1. The molecule has 1 rings (SSSR count). The molecule has 0 aromatic carbocycles. The smallest absolute Gasteiger partial charge is 0.410 e. The van der Waals surface area contributed by atoms with E-state index in [2.05, 4.69) is 4.99 Å². The lowest BCUT2D eigenvalue weighted by Gasteiger charge is -2.32. The first-order valence-electron chi connectivity index (χ1n) is 7.50. The van der Waals surface area contributed by atoms with Crippen LogP contribution in [0.3, 0.4) is 0 Å². The minimum atomic E-state index is -0.452. The van der Waals surface area contributed by atoms with Crippen LogP contribution < -0.4 is 11.5 Å². The molecule has 0 spiro atoms. The van der Waals surface area contributed by atoms with Crippen molar-refractivity contribution in [2.45, 2.75) is 59.1 Å². The number of allylic oxidation sites excluding steroid dienone is 1. The van der Waals surface area contributed by atoms with E-state index in [0.717, 1.165) is 12.8 Å². The Morgan fingerprint density at radius 2 is 1.81 bits per heavy atom. The first kappa shape index (κ1) is 19.3. The number of amides is 1. The molecule has 122 valence electrons. The highest BCUT2D eigenvalue weighted by Gasteiger charge is 2.26. The lowest BCUT2D eigenvalue weighted by molar-refractivity contribution is 0.0207. The van der Waals surface area contributed by atoms with Gasteiger partial charge in [0.05, 0.1) is 11.7 Å². The summed E-state index contributed by atoms with van der Waals surface area (Å²) in [6, 6.07) is 0.192. The molecular formula is C15H30N4O2. The number of rotatable bonds is 2. The second-order valence-electron chi connectivity index (χ2n) is 5.64. The van der Waals surface area contributed by atoms with Gasteiger partial charge in [0.1, 0.15) is 5.60 Å². The molecular weight excluding hydrogens is 268 g/mol. The van der Waals surface area contributed by atoms with Gasteiger partial charge < -0.3 is 21.1 Å². The molecule has 1 amide bonds. The lowest BCUT2D eigenvalue weighted by Crippen LogP contribution is -2.42. The van der Waals surface area contributed by atoms with Crippen LogP contribution in [-0.2, 0) is 4.74 Å². The number of likely N-dealkylation sites (tertiary alicyclic amines) is 1. The molecule has 1 heterocycles. The normalized spacial score (nSPS) is 17.4. The largest absolute Gasteiger partial charge is 0.444 e. The first-order valence-corrected chi connectivity index (χ1v) is 7.50. The van der Waals surface area contributed by atoms with E-state index in [1.165, 1.54) is 6.20 Å². The Morgan fingerprint density at radius 1 is 1.29 bits per heavy atom. The number of nitrogens with zero attached hydrogens (tertiary/aromatic N) is 2. The first-order chi connectivity index (χ1) is 9.81. The van der Waals surface area contributed by atoms with Crippen LogP contribution >= 0.6 is 0 Å². The van der Waals surface area contributed by atoms with E-state index in [4.69, 9.17) is 16.2 Å². The van der Waals surface area contributed by atoms with Gasteiger partial charge in [0.25, 0.3) is 0 Å². The number of carbonyl (C=O) groups excluding carboxylic acids is 1. The number of hydrogen-bond donors (Lipinski definition) is 2. The summed E-state index contributed by atoms with van der Waals surface area (Å²) in [6.07, 6.45) is 4.27. The van der Waals surface area contributed by atoms with Crippen molar-refractivity contribution in [1.29, 1.82) is 0 Å². The average molecular weight is 298 g/mol. The van der Waals surface area contributed by atoms with Gasteiger partial charge in [0.2, 0.25) is 0 Å². The minimum Gasteiger partial charge on any atom is -0.444 e. The Bertz CT molecular complexity index is 364. The van der Waals surface area contributed by atoms with E-state index >= 15 is 0 Å². The highest BCUT2D eigenvalue weighted by molar-refractivity contribution is 5.77. The van der Waals surface area contributed by atoms with E-state index in [9.17, 15) is 4.79 Å². The fourth-order valence-corrected chi connectivity index (χ4v) is 1.76. The molecule has 1 fully saturated rings. The molecule has 4 N–H and O–H groups in total. The molecule has 0 aromatic heterocycles. The van der Waals surface area contributed by atoms with E-state index in [0.29, 0.717) is 18.8 Å². The summed E-state index contributed by atoms with van der Waals surface area (Å²) in [5.41, 5.74) is 10.8. The number of piperidine rings is 1. The molecule has 0 unspecified atom stereocenters. The van der Waals surface area contributed by atoms with Gasteiger partial charge in [0.15, 0.2) is 0 Å². The summed E-state index contributed by atoms with van der Waals surface area (Å²) >= 11 is 0. The van der Waals surface area contributed by atoms with E-state index < -0.39 is 5.60 Å². The van der Waals surface area contributed by atoms with Crippen LogP contribution in [0.2, 0.25) is 0 Å². The fraction of sp³-hybridized carbons (Fsp3) is 0.733. The van der Waals surface area contributed by atoms with E-state index in [1.54, 1.807) is 11.1 Å². The topological polar surface area (TPSA) is 93.9 Å². The summed E-state index contributed by atoms with van der Waals surface area (Å²) in [7, 11) is 0. The second kappa shape index (κ2) is 9.26. The molecule has 21 heavy (non-hydrogen) atoms. The number of carbonyl (C=O) groups is 1. The van der Waals surface area contributed by atoms with Gasteiger partial charge in [-0.2, -0.15) is 0 Å². The fourth-order valence-electron chi connectivity index (χ4n) is 1.76. The molecule has 0 aromatic rings. The van der Waals surface area contributed by atoms with Crippen LogP contribution in [0.5, 0.6) is 0 Å². The molecule has 0 bridgehead atoms. The van der Waals surface area contributed by atoms with Crippen molar-refractivity contribution in [2.75, 3.05) is 13.1 Å². The van der Waals surface area contributed by atoms with Gasteiger partial charge in [0, 0.05) is 25.5 Å².